The van der Waals surface area contributed by atoms with E-state index < -0.39 is 0 Å². The molecule has 18 heavy (non-hydrogen) atoms. The molecule has 2 rings (SSSR count). The molecule has 96 valence electrons. The Hall–Kier alpha value is -1.74. The summed E-state index contributed by atoms with van der Waals surface area (Å²) >= 11 is 0. The van der Waals surface area contributed by atoms with Gasteiger partial charge >= 0.3 is 0 Å². The van der Waals surface area contributed by atoms with Crippen molar-refractivity contribution in [1.29, 1.82) is 0 Å². The van der Waals surface area contributed by atoms with Crippen LogP contribution in [0.3, 0.4) is 0 Å². The summed E-state index contributed by atoms with van der Waals surface area (Å²) in [5, 5.41) is 0. The molecule has 0 aliphatic rings. The molecule has 0 saturated carbocycles. The van der Waals surface area contributed by atoms with Crippen molar-refractivity contribution in [2.24, 2.45) is 5.73 Å². The highest BCUT2D eigenvalue weighted by Crippen LogP contribution is 2.20. The van der Waals surface area contributed by atoms with Gasteiger partial charge in [-0.15, -0.1) is 0 Å². The van der Waals surface area contributed by atoms with Gasteiger partial charge in [-0.25, -0.2) is 0 Å². The molecule has 0 aliphatic carbocycles. The summed E-state index contributed by atoms with van der Waals surface area (Å²) in [7, 11) is 2.07. The second-order valence-electron chi connectivity index (χ2n) is 4.58. The number of anilines is 1. The third-order valence-electron chi connectivity index (χ3n) is 3.15. The van der Waals surface area contributed by atoms with Gasteiger partial charge in [0, 0.05) is 12.7 Å². The Morgan fingerprint density at radius 3 is 2.72 bits per heavy atom. The van der Waals surface area contributed by atoms with Crippen molar-refractivity contribution in [1.82, 2.24) is 0 Å². The summed E-state index contributed by atoms with van der Waals surface area (Å²) in [6, 6.07) is 10.4. The van der Waals surface area contributed by atoms with Crippen LogP contribution in [-0.2, 0) is 13.0 Å². The molecule has 0 aliphatic heterocycles. The zero-order valence-corrected chi connectivity index (χ0v) is 11.0. The van der Waals surface area contributed by atoms with Crippen LogP contribution in [0.2, 0.25) is 0 Å². The lowest BCUT2D eigenvalue weighted by atomic mass is 10.0. The number of nitrogens with zero attached hydrogens (tertiary/aromatic N) is 1. The lowest BCUT2D eigenvalue weighted by molar-refractivity contribution is 0.507. The predicted molar refractivity (Wildman–Crippen MR) is 74.8 cm³/mol. The highest BCUT2D eigenvalue weighted by Gasteiger charge is 2.06. The fraction of sp³-hybridized carbons (Fsp3) is 0.333. The Kier molecular flexibility index (Phi) is 4.05. The fourth-order valence-electron chi connectivity index (χ4n) is 2.08. The predicted octanol–water partition coefficient (Wildman–Crippen LogP) is 2.73. The maximum Gasteiger partial charge on any atom is 0.123 e. The number of furan rings is 1. The average Bonchev–Trinajstić information content (AvgIpc) is 2.84. The van der Waals surface area contributed by atoms with Crippen molar-refractivity contribution in [3.05, 3.63) is 53.5 Å². The molecule has 0 bridgehead atoms. The maximum absolute atomic E-state index is 5.59. The van der Waals surface area contributed by atoms with Crippen LogP contribution in [0, 0.1) is 6.92 Å². The second-order valence-corrected chi connectivity index (χ2v) is 4.58. The molecular weight excluding hydrogens is 224 g/mol. The minimum atomic E-state index is 0.697. The lowest BCUT2D eigenvalue weighted by Gasteiger charge is -2.19. The van der Waals surface area contributed by atoms with E-state index >= 15 is 0 Å². The van der Waals surface area contributed by atoms with Crippen molar-refractivity contribution < 1.29 is 4.42 Å². The molecule has 0 amide bonds. The fourth-order valence-corrected chi connectivity index (χ4v) is 2.08. The zero-order valence-electron chi connectivity index (χ0n) is 11.0. The van der Waals surface area contributed by atoms with Crippen LogP contribution in [0.1, 0.15) is 16.9 Å². The summed E-state index contributed by atoms with van der Waals surface area (Å²) in [6.45, 7) is 3.61. The van der Waals surface area contributed by atoms with E-state index in [4.69, 9.17) is 10.2 Å². The largest absolute Gasteiger partial charge is 0.467 e. The van der Waals surface area contributed by atoms with Crippen LogP contribution in [0.4, 0.5) is 5.69 Å². The van der Waals surface area contributed by atoms with E-state index in [0.717, 1.165) is 18.7 Å². The van der Waals surface area contributed by atoms with Gasteiger partial charge in [-0.2, -0.15) is 0 Å². The molecule has 0 unspecified atom stereocenters. The lowest BCUT2D eigenvalue weighted by Crippen LogP contribution is -2.16. The normalized spacial score (nSPS) is 10.6. The molecule has 3 nitrogen and oxygen atoms in total. The molecule has 0 radical (unpaired) electrons. The Bertz CT molecular complexity index is 491. The van der Waals surface area contributed by atoms with Gasteiger partial charge in [0.15, 0.2) is 0 Å². The summed E-state index contributed by atoms with van der Waals surface area (Å²) < 4.78 is 5.36. The second kappa shape index (κ2) is 5.74. The third-order valence-corrected chi connectivity index (χ3v) is 3.15. The number of hydrogen-bond donors (Lipinski definition) is 1. The van der Waals surface area contributed by atoms with Crippen LogP contribution in [0.25, 0.3) is 0 Å². The molecule has 3 heteroatoms. The summed E-state index contributed by atoms with van der Waals surface area (Å²) in [6.07, 6.45) is 2.65. The molecule has 0 fully saturated rings. The highest BCUT2D eigenvalue weighted by molar-refractivity contribution is 5.50. The van der Waals surface area contributed by atoms with Crippen molar-refractivity contribution in [3.63, 3.8) is 0 Å². The SMILES string of the molecule is Cc1cc(N(C)Cc2ccco2)ccc1CCN. The van der Waals surface area contributed by atoms with Gasteiger partial charge in [-0.1, -0.05) is 6.07 Å². The molecular formula is C15H20N2O. The molecule has 0 spiro atoms. The molecule has 2 N–H and O–H groups in total. The van der Waals surface area contributed by atoms with E-state index in [0.29, 0.717) is 6.54 Å². The first-order valence-corrected chi connectivity index (χ1v) is 6.24. The number of aryl methyl sites for hydroxylation is 1. The molecule has 1 heterocycles. The van der Waals surface area contributed by atoms with E-state index in [-0.39, 0.29) is 0 Å². The monoisotopic (exact) mass is 244 g/mol. The zero-order chi connectivity index (χ0) is 13.0. The Morgan fingerprint density at radius 1 is 1.28 bits per heavy atom. The minimum absolute atomic E-state index is 0.697. The van der Waals surface area contributed by atoms with Gasteiger partial charge in [0.25, 0.3) is 0 Å². The molecule has 1 aromatic heterocycles. The molecule has 2 aromatic rings. The molecule has 0 atom stereocenters. The quantitative estimate of drug-likeness (QED) is 0.879. The topological polar surface area (TPSA) is 42.4 Å². The van der Waals surface area contributed by atoms with E-state index in [1.165, 1.54) is 16.8 Å². The van der Waals surface area contributed by atoms with Gasteiger partial charge in [0.1, 0.15) is 5.76 Å². The smallest absolute Gasteiger partial charge is 0.123 e. The first-order valence-electron chi connectivity index (χ1n) is 6.24. The minimum Gasteiger partial charge on any atom is -0.467 e. The van der Waals surface area contributed by atoms with Crippen molar-refractivity contribution >= 4 is 5.69 Å². The van der Waals surface area contributed by atoms with E-state index in [1.807, 2.05) is 12.1 Å². The van der Waals surface area contributed by atoms with Crippen molar-refractivity contribution in [2.45, 2.75) is 19.9 Å². The first-order chi connectivity index (χ1) is 8.70. The summed E-state index contributed by atoms with van der Waals surface area (Å²) in [5.41, 5.74) is 9.42. The Balaban J connectivity index is 2.11. The van der Waals surface area contributed by atoms with Crippen LogP contribution in [0.5, 0.6) is 0 Å². The van der Waals surface area contributed by atoms with Crippen LogP contribution < -0.4 is 10.6 Å². The van der Waals surface area contributed by atoms with E-state index in [2.05, 4.69) is 37.1 Å². The van der Waals surface area contributed by atoms with Gasteiger partial charge in [-0.3, -0.25) is 0 Å². The van der Waals surface area contributed by atoms with Crippen molar-refractivity contribution in [3.8, 4) is 0 Å². The molecule has 0 saturated heterocycles. The van der Waals surface area contributed by atoms with Gasteiger partial charge < -0.3 is 15.1 Å². The van der Waals surface area contributed by atoms with E-state index in [1.54, 1.807) is 6.26 Å². The van der Waals surface area contributed by atoms with Crippen molar-refractivity contribution in [2.75, 3.05) is 18.5 Å². The maximum atomic E-state index is 5.59. The molecule has 1 aromatic carbocycles. The van der Waals surface area contributed by atoms with Crippen LogP contribution in [0.15, 0.2) is 41.0 Å². The first kappa shape index (κ1) is 12.7. The number of rotatable bonds is 5. The standard InChI is InChI=1S/C15H20N2O/c1-12-10-14(6-5-13(12)7-8-16)17(2)11-15-4-3-9-18-15/h3-6,9-10H,7-8,11,16H2,1-2H3. The van der Waals surface area contributed by atoms with Crippen LogP contribution in [-0.4, -0.2) is 13.6 Å². The third kappa shape index (κ3) is 2.93. The highest BCUT2D eigenvalue weighted by atomic mass is 16.3. The number of benzene rings is 1. The summed E-state index contributed by atoms with van der Waals surface area (Å²) in [4.78, 5) is 2.18. The average molecular weight is 244 g/mol. The van der Waals surface area contributed by atoms with E-state index in [9.17, 15) is 0 Å². The van der Waals surface area contributed by atoms with Gasteiger partial charge in [0.2, 0.25) is 0 Å². The summed E-state index contributed by atoms with van der Waals surface area (Å²) in [5.74, 6) is 0.973. The van der Waals surface area contributed by atoms with Gasteiger partial charge in [-0.05, 0) is 55.3 Å². The number of hydrogen-bond acceptors (Lipinski definition) is 3. The van der Waals surface area contributed by atoms with Gasteiger partial charge in [0.05, 0.1) is 12.8 Å². The Labute approximate surface area is 108 Å². The number of nitrogens with two attached hydrogens (primary N) is 1. The van der Waals surface area contributed by atoms with Crippen LogP contribution >= 0.6 is 0 Å². The Morgan fingerprint density at radius 2 is 2.11 bits per heavy atom.